The molecule has 0 N–H and O–H groups in total. The van der Waals surface area contributed by atoms with E-state index >= 15 is 0 Å². The second-order valence-electron chi connectivity index (χ2n) is 3.77. The highest BCUT2D eigenvalue weighted by molar-refractivity contribution is 7.16. The zero-order valence-electron chi connectivity index (χ0n) is 8.67. The number of aromatic nitrogens is 1. The number of rotatable bonds is 5. The summed E-state index contributed by atoms with van der Waals surface area (Å²) in [6.45, 7) is 3.25. The molecule has 1 aromatic rings. The summed E-state index contributed by atoms with van der Waals surface area (Å²) in [6.07, 6.45) is 3.71. The van der Waals surface area contributed by atoms with E-state index in [0.29, 0.717) is 17.1 Å². The van der Waals surface area contributed by atoms with Crippen molar-refractivity contribution in [1.29, 1.82) is 0 Å². The molecule has 2 rings (SSSR count). The van der Waals surface area contributed by atoms with Gasteiger partial charge in [0.1, 0.15) is 5.15 Å². The van der Waals surface area contributed by atoms with Crippen molar-refractivity contribution in [2.45, 2.75) is 38.1 Å². The number of hydrogen-bond acceptors (Lipinski definition) is 3. The molecule has 0 aliphatic heterocycles. The summed E-state index contributed by atoms with van der Waals surface area (Å²) in [5, 5.41) is 1.62. The summed E-state index contributed by atoms with van der Waals surface area (Å²) in [7, 11) is 0. The van der Waals surface area contributed by atoms with E-state index in [2.05, 4.69) is 16.8 Å². The lowest BCUT2D eigenvalue weighted by Crippen LogP contribution is -2.26. The monoisotopic (exact) mass is 264 g/mol. The van der Waals surface area contributed by atoms with Crippen LogP contribution >= 0.6 is 34.5 Å². The molecule has 0 aromatic carbocycles. The predicted molar refractivity (Wildman–Crippen MR) is 67.3 cm³/mol. The van der Waals surface area contributed by atoms with Crippen LogP contribution in [-0.4, -0.2) is 17.6 Å². The summed E-state index contributed by atoms with van der Waals surface area (Å²) >= 11 is 13.4. The Balaban J connectivity index is 2.17. The fourth-order valence-electron chi connectivity index (χ4n) is 1.59. The molecule has 1 aromatic heterocycles. The lowest BCUT2D eigenvalue weighted by Gasteiger charge is -2.20. The number of hydrogen-bond donors (Lipinski definition) is 0. The molecule has 2 nitrogen and oxygen atoms in total. The second kappa shape index (κ2) is 4.89. The smallest absolute Gasteiger partial charge is 0.187 e. The van der Waals surface area contributed by atoms with E-state index in [-0.39, 0.29) is 0 Å². The Bertz CT molecular complexity index is 336. The highest BCUT2D eigenvalue weighted by Gasteiger charge is 2.30. The van der Waals surface area contributed by atoms with E-state index in [1.165, 1.54) is 12.8 Å². The van der Waals surface area contributed by atoms with Crippen molar-refractivity contribution < 1.29 is 0 Å². The molecule has 1 saturated carbocycles. The van der Waals surface area contributed by atoms with E-state index in [0.717, 1.165) is 23.0 Å². The van der Waals surface area contributed by atoms with Crippen molar-refractivity contribution in [2.75, 3.05) is 11.4 Å². The number of halogens is 2. The predicted octanol–water partition coefficient (Wildman–Crippen LogP) is 3.91. The third-order valence-electron chi connectivity index (χ3n) is 2.46. The molecule has 15 heavy (non-hydrogen) atoms. The van der Waals surface area contributed by atoms with Crippen LogP contribution in [0.2, 0.25) is 5.15 Å². The van der Waals surface area contributed by atoms with Gasteiger partial charge in [-0.05, 0) is 19.3 Å². The molecule has 0 saturated heterocycles. The Hall–Kier alpha value is 0.01000. The summed E-state index contributed by atoms with van der Waals surface area (Å²) in [4.78, 5) is 7.74. The molecular weight excluding hydrogens is 251 g/mol. The van der Waals surface area contributed by atoms with Crippen molar-refractivity contribution in [3.05, 3.63) is 10.0 Å². The van der Waals surface area contributed by atoms with E-state index in [9.17, 15) is 0 Å². The van der Waals surface area contributed by atoms with E-state index in [1.54, 1.807) is 11.3 Å². The Morgan fingerprint density at radius 2 is 2.27 bits per heavy atom. The third kappa shape index (κ3) is 2.58. The SMILES string of the molecule is CCCN(c1nc(Cl)c(CCl)s1)C1CC1. The van der Waals surface area contributed by atoms with Gasteiger partial charge < -0.3 is 4.90 Å². The van der Waals surface area contributed by atoms with Gasteiger partial charge in [-0.15, -0.1) is 11.6 Å². The van der Waals surface area contributed by atoms with Crippen molar-refractivity contribution >= 4 is 39.7 Å². The lowest BCUT2D eigenvalue weighted by atomic mass is 10.4. The molecule has 0 bridgehead atoms. The molecular formula is C10H14Cl2N2S. The van der Waals surface area contributed by atoms with Crippen LogP contribution < -0.4 is 4.90 Å². The van der Waals surface area contributed by atoms with Gasteiger partial charge in [0.2, 0.25) is 0 Å². The third-order valence-corrected chi connectivity index (χ3v) is 4.40. The average molecular weight is 265 g/mol. The molecule has 1 fully saturated rings. The molecule has 1 heterocycles. The van der Waals surface area contributed by atoms with Gasteiger partial charge >= 0.3 is 0 Å². The van der Waals surface area contributed by atoms with Crippen molar-refractivity contribution in [1.82, 2.24) is 4.98 Å². The number of nitrogens with zero attached hydrogens (tertiary/aromatic N) is 2. The standard InChI is InChI=1S/C10H14Cl2N2S/c1-2-5-14(7-3-4-7)10-13-9(12)8(6-11)15-10/h7H,2-6H2,1H3. The van der Waals surface area contributed by atoms with E-state index in [4.69, 9.17) is 23.2 Å². The number of alkyl halides is 1. The Kier molecular flexibility index (Phi) is 3.75. The first-order valence-corrected chi connectivity index (χ1v) is 6.97. The van der Waals surface area contributed by atoms with Crippen LogP contribution in [0.5, 0.6) is 0 Å². The maximum atomic E-state index is 6.00. The van der Waals surface area contributed by atoms with Crippen LogP contribution in [0.25, 0.3) is 0 Å². The normalized spacial score (nSPS) is 15.7. The minimum Gasteiger partial charge on any atom is -0.345 e. The average Bonchev–Trinajstić information content (AvgIpc) is 2.99. The molecule has 84 valence electrons. The van der Waals surface area contributed by atoms with Crippen LogP contribution in [0.15, 0.2) is 0 Å². The summed E-state index contributed by atoms with van der Waals surface area (Å²) in [5.41, 5.74) is 0. The van der Waals surface area contributed by atoms with Gasteiger partial charge in [-0.25, -0.2) is 4.98 Å². The van der Waals surface area contributed by atoms with Gasteiger partial charge in [0.15, 0.2) is 5.13 Å². The fourth-order valence-corrected chi connectivity index (χ4v) is 3.16. The topological polar surface area (TPSA) is 16.1 Å². The first-order valence-electron chi connectivity index (χ1n) is 5.24. The van der Waals surface area contributed by atoms with Gasteiger partial charge in [-0.3, -0.25) is 0 Å². The molecule has 0 radical (unpaired) electrons. The second-order valence-corrected chi connectivity index (χ2v) is 5.46. The molecule has 0 unspecified atom stereocenters. The molecule has 0 spiro atoms. The van der Waals surface area contributed by atoms with E-state index in [1.807, 2.05) is 0 Å². The van der Waals surface area contributed by atoms with Crippen molar-refractivity contribution in [3.8, 4) is 0 Å². The zero-order valence-corrected chi connectivity index (χ0v) is 11.0. The van der Waals surface area contributed by atoms with Crippen LogP contribution in [-0.2, 0) is 5.88 Å². The summed E-state index contributed by atoms with van der Waals surface area (Å²) in [5.74, 6) is 0.459. The zero-order chi connectivity index (χ0) is 10.8. The van der Waals surface area contributed by atoms with Gasteiger partial charge in [0, 0.05) is 12.6 Å². The highest BCUT2D eigenvalue weighted by Crippen LogP contribution is 2.37. The summed E-state index contributed by atoms with van der Waals surface area (Å²) in [6, 6.07) is 0.690. The van der Waals surface area contributed by atoms with Gasteiger partial charge in [0.05, 0.1) is 10.8 Å². The number of thiazole rings is 1. The minimum absolute atomic E-state index is 0.459. The fraction of sp³-hybridized carbons (Fsp3) is 0.700. The van der Waals surface area contributed by atoms with Crippen molar-refractivity contribution in [2.24, 2.45) is 0 Å². The Morgan fingerprint density at radius 3 is 2.73 bits per heavy atom. The Morgan fingerprint density at radius 1 is 1.53 bits per heavy atom. The minimum atomic E-state index is 0.459. The first kappa shape index (κ1) is 11.5. The molecule has 1 aliphatic rings. The van der Waals surface area contributed by atoms with Crippen LogP contribution in [0.1, 0.15) is 31.1 Å². The van der Waals surface area contributed by atoms with Crippen molar-refractivity contribution in [3.63, 3.8) is 0 Å². The maximum Gasteiger partial charge on any atom is 0.187 e. The largest absolute Gasteiger partial charge is 0.345 e. The quantitative estimate of drug-likeness (QED) is 0.750. The number of anilines is 1. The molecule has 5 heteroatoms. The molecule has 1 aliphatic carbocycles. The van der Waals surface area contributed by atoms with Gasteiger partial charge in [0.25, 0.3) is 0 Å². The van der Waals surface area contributed by atoms with Crippen LogP contribution in [0, 0.1) is 0 Å². The van der Waals surface area contributed by atoms with Crippen LogP contribution in [0.4, 0.5) is 5.13 Å². The molecule has 0 atom stereocenters. The van der Waals surface area contributed by atoms with Crippen LogP contribution in [0.3, 0.4) is 0 Å². The Labute approximate surface area is 104 Å². The lowest BCUT2D eigenvalue weighted by molar-refractivity contribution is 0.760. The first-order chi connectivity index (χ1) is 7.26. The van der Waals surface area contributed by atoms with E-state index < -0.39 is 0 Å². The maximum absolute atomic E-state index is 6.00. The van der Waals surface area contributed by atoms with Gasteiger partial charge in [-0.1, -0.05) is 29.9 Å². The summed E-state index contributed by atoms with van der Waals surface area (Å²) < 4.78 is 0. The highest BCUT2D eigenvalue weighted by atomic mass is 35.5. The van der Waals surface area contributed by atoms with Gasteiger partial charge in [-0.2, -0.15) is 0 Å². The molecule has 0 amide bonds.